The third kappa shape index (κ3) is 3.95. The SMILES string of the molecule is CCC1CNC(C(C)(C)C)CN1C(CC)CC1CC1. The molecule has 2 heteroatoms. The summed E-state index contributed by atoms with van der Waals surface area (Å²) in [5, 5.41) is 3.80. The van der Waals surface area contributed by atoms with Crippen LogP contribution in [0, 0.1) is 11.3 Å². The molecule has 2 rings (SSSR count). The average Bonchev–Trinajstić information content (AvgIpc) is 3.18. The molecular formula is C17H34N2. The van der Waals surface area contributed by atoms with Crippen molar-refractivity contribution in [3.63, 3.8) is 0 Å². The fourth-order valence-corrected chi connectivity index (χ4v) is 3.50. The number of nitrogens with one attached hydrogen (secondary N) is 1. The van der Waals surface area contributed by atoms with E-state index in [0.29, 0.717) is 11.5 Å². The Kier molecular flexibility index (Phi) is 4.94. The first-order chi connectivity index (χ1) is 8.95. The molecule has 0 amide bonds. The van der Waals surface area contributed by atoms with Gasteiger partial charge in [0.2, 0.25) is 0 Å². The average molecular weight is 266 g/mol. The predicted molar refractivity (Wildman–Crippen MR) is 83.5 cm³/mol. The number of piperazine rings is 1. The highest BCUT2D eigenvalue weighted by Crippen LogP contribution is 2.37. The van der Waals surface area contributed by atoms with E-state index < -0.39 is 0 Å². The monoisotopic (exact) mass is 266 g/mol. The van der Waals surface area contributed by atoms with Gasteiger partial charge in [0.1, 0.15) is 0 Å². The second-order valence-electron chi connectivity index (χ2n) is 7.83. The molecule has 0 aromatic rings. The van der Waals surface area contributed by atoms with Crippen LogP contribution in [-0.4, -0.2) is 36.1 Å². The molecule has 0 bridgehead atoms. The maximum atomic E-state index is 3.80. The van der Waals surface area contributed by atoms with E-state index in [9.17, 15) is 0 Å². The lowest BCUT2D eigenvalue weighted by molar-refractivity contribution is 0.0407. The van der Waals surface area contributed by atoms with Crippen molar-refractivity contribution in [2.75, 3.05) is 13.1 Å². The molecule has 1 saturated carbocycles. The first-order valence-corrected chi connectivity index (χ1v) is 8.44. The fraction of sp³-hybridized carbons (Fsp3) is 1.00. The molecule has 2 fully saturated rings. The van der Waals surface area contributed by atoms with Crippen LogP contribution in [0.25, 0.3) is 0 Å². The Labute approximate surface area is 120 Å². The number of hydrogen-bond acceptors (Lipinski definition) is 2. The molecule has 1 heterocycles. The van der Waals surface area contributed by atoms with Gasteiger partial charge in [0.05, 0.1) is 0 Å². The Balaban J connectivity index is 2.02. The molecule has 19 heavy (non-hydrogen) atoms. The lowest BCUT2D eigenvalue weighted by Crippen LogP contribution is -2.62. The number of hydrogen-bond donors (Lipinski definition) is 1. The quantitative estimate of drug-likeness (QED) is 0.817. The first-order valence-electron chi connectivity index (χ1n) is 8.44. The summed E-state index contributed by atoms with van der Waals surface area (Å²) in [5.74, 6) is 1.05. The van der Waals surface area contributed by atoms with Gasteiger partial charge < -0.3 is 5.32 Å². The number of rotatable bonds is 5. The summed E-state index contributed by atoms with van der Waals surface area (Å²) in [7, 11) is 0. The molecule has 0 radical (unpaired) electrons. The second kappa shape index (κ2) is 6.13. The van der Waals surface area contributed by atoms with E-state index in [1.807, 2.05) is 0 Å². The van der Waals surface area contributed by atoms with Crippen LogP contribution in [0.3, 0.4) is 0 Å². The third-order valence-corrected chi connectivity index (χ3v) is 5.22. The van der Waals surface area contributed by atoms with Crippen LogP contribution in [0.1, 0.15) is 66.7 Å². The van der Waals surface area contributed by atoms with Crippen molar-refractivity contribution in [1.82, 2.24) is 10.2 Å². The Hall–Kier alpha value is -0.0800. The van der Waals surface area contributed by atoms with E-state index in [1.54, 1.807) is 0 Å². The van der Waals surface area contributed by atoms with Crippen molar-refractivity contribution in [3.05, 3.63) is 0 Å². The lowest BCUT2D eigenvalue weighted by atomic mass is 9.83. The molecule has 0 aromatic carbocycles. The van der Waals surface area contributed by atoms with E-state index >= 15 is 0 Å². The van der Waals surface area contributed by atoms with Crippen LogP contribution in [0.5, 0.6) is 0 Å². The molecule has 1 aliphatic carbocycles. The van der Waals surface area contributed by atoms with Gasteiger partial charge in [-0.25, -0.2) is 0 Å². The molecule has 1 saturated heterocycles. The van der Waals surface area contributed by atoms with Gasteiger partial charge in [-0.15, -0.1) is 0 Å². The summed E-state index contributed by atoms with van der Waals surface area (Å²) in [6.07, 6.45) is 7.03. The highest BCUT2D eigenvalue weighted by atomic mass is 15.3. The highest BCUT2D eigenvalue weighted by Gasteiger charge is 2.37. The maximum Gasteiger partial charge on any atom is 0.0244 e. The largest absolute Gasteiger partial charge is 0.311 e. The van der Waals surface area contributed by atoms with Gasteiger partial charge in [-0.2, -0.15) is 0 Å². The molecule has 2 nitrogen and oxygen atoms in total. The lowest BCUT2D eigenvalue weighted by Gasteiger charge is -2.48. The van der Waals surface area contributed by atoms with Crippen molar-refractivity contribution in [3.8, 4) is 0 Å². The Bertz CT molecular complexity index is 277. The zero-order chi connectivity index (χ0) is 14.0. The molecule has 0 aromatic heterocycles. The topological polar surface area (TPSA) is 15.3 Å². The van der Waals surface area contributed by atoms with Crippen LogP contribution < -0.4 is 5.32 Å². The summed E-state index contributed by atoms with van der Waals surface area (Å²) >= 11 is 0. The normalized spacial score (nSPS) is 31.4. The van der Waals surface area contributed by atoms with Crippen LogP contribution in [0.2, 0.25) is 0 Å². The molecule has 112 valence electrons. The minimum atomic E-state index is 0.370. The Morgan fingerprint density at radius 3 is 2.37 bits per heavy atom. The van der Waals surface area contributed by atoms with Crippen molar-refractivity contribution < 1.29 is 0 Å². The van der Waals surface area contributed by atoms with Crippen molar-refractivity contribution >= 4 is 0 Å². The summed E-state index contributed by atoms with van der Waals surface area (Å²) in [5.41, 5.74) is 0.370. The van der Waals surface area contributed by atoms with Crippen LogP contribution >= 0.6 is 0 Å². The Morgan fingerprint density at radius 1 is 1.21 bits per heavy atom. The smallest absolute Gasteiger partial charge is 0.0244 e. The molecule has 2 aliphatic rings. The zero-order valence-electron chi connectivity index (χ0n) is 13.7. The zero-order valence-corrected chi connectivity index (χ0v) is 13.7. The summed E-state index contributed by atoms with van der Waals surface area (Å²) < 4.78 is 0. The summed E-state index contributed by atoms with van der Waals surface area (Å²) in [6.45, 7) is 14.3. The van der Waals surface area contributed by atoms with E-state index in [4.69, 9.17) is 0 Å². The van der Waals surface area contributed by atoms with Gasteiger partial charge in [-0.1, -0.05) is 47.5 Å². The van der Waals surface area contributed by atoms with Gasteiger partial charge >= 0.3 is 0 Å². The standard InChI is InChI=1S/C17H34N2/c1-6-14(10-13-8-9-13)19-12-16(17(3,4)5)18-11-15(19)7-2/h13-16,18H,6-12H2,1-5H3. The predicted octanol–water partition coefficient (Wildman–Crippen LogP) is 3.66. The maximum absolute atomic E-state index is 3.80. The minimum absolute atomic E-state index is 0.370. The van der Waals surface area contributed by atoms with E-state index in [-0.39, 0.29) is 0 Å². The first kappa shape index (κ1) is 15.3. The Morgan fingerprint density at radius 2 is 1.89 bits per heavy atom. The van der Waals surface area contributed by atoms with Gasteiger partial charge in [-0.05, 0) is 30.6 Å². The van der Waals surface area contributed by atoms with Gasteiger partial charge in [0.25, 0.3) is 0 Å². The highest BCUT2D eigenvalue weighted by molar-refractivity contribution is 4.95. The van der Waals surface area contributed by atoms with E-state index in [1.165, 1.54) is 45.2 Å². The van der Waals surface area contributed by atoms with Gasteiger partial charge in [-0.3, -0.25) is 4.90 Å². The van der Waals surface area contributed by atoms with Crippen LogP contribution in [0.4, 0.5) is 0 Å². The van der Waals surface area contributed by atoms with E-state index in [2.05, 4.69) is 44.8 Å². The molecule has 3 atom stereocenters. The van der Waals surface area contributed by atoms with Gasteiger partial charge in [0.15, 0.2) is 0 Å². The van der Waals surface area contributed by atoms with Crippen LogP contribution in [-0.2, 0) is 0 Å². The fourth-order valence-electron chi connectivity index (χ4n) is 3.50. The van der Waals surface area contributed by atoms with Crippen molar-refractivity contribution in [2.45, 2.75) is 84.8 Å². The van der Waals surface area contributed by atoms with Crippen molar-refractivity contribution in [1.29, 1.82) is 0 Å². The van der Waals surface area contributed by atoms with E-state index in [0.717, 1.165) is 18.0 Å². The molecule has 1 aliphatic heterocycles. The summed E-state index contributed by atoms with van der Waals surface area (Å²) in [6, 6.07) is 2.22. The molecule has 0 spiro atoms. The van der Waals surface area contributed by atoms with Crippen molar-refractivity contribution in [2.24, 2.45) is 11.3 Å². The van der Waals surface area contributed by atoms with Gasteiger partial charge in [0, 0.05) is 31.2 Å². The number of nitrogens with zero attached hydrogens (tertiary/aromatic N) is 1. The van der Waals surface area contributed by atoms with Crippen LogP contribution in [0.15, 0.2) is 0 Å². The minimum Gasteiger partial charge on any atom is -0.311 e. The second-order valence-corrected chi connectivity index (χ2v) is 7.83. The third-order valence-electron chi connectivity index (χ3n) is 5.22. The molecule has 1 N–H and O–H groups in total. The molecular weight excluding hydrogens is 232 g/mol. The molecule has 3 unspecified atom stereocenters. The summed E-state index contributed by atoms with van der Waals surface area (Å²) in [4.78, 5) is 2.85.